The predicted octanol–water partition coefficient (Wildman–Crippen LogP) is 1.25. The summed E-state index contributed by atoms with van der Waals surface area (Å²) >= 11 is 0. The summed E-state index contributed by atoms with van der Waals surface area (Å²) in [6.07, 6.45) is 5.59. The molecular formula is C14H28N2O2. The summed E-state index contributed by atoms with van der Waals surface area (Å²) in [5.41, 5.74) is 0. The maximum Gasteiger partial charge on any atom is 0.0726 e. The molecule has 0 aromatic carbocycles. The van der Waals surface area contributed by atoms with Crippen LogP contribution in [0.15, 0.2) is 0 Å². The Morgan fingerprint density at radius 1 is 1.33 bits per heavy atom. The van der Waals surface area contributed by atoms with Crippen molar-refractivity contribution in [2.45, 2.75) is 50.8 Å². The maximum atomic E-state index is 5.70. The van der Waals surface area contributed by atoms with Gasteiger partial charge in [0, 0.05) is 45.4 Å². The third-order valence-electron chi connectivity index (χ3n) is 4.03. The Morgan fingerprint density at radius 3 is 2.78 bits per heavy atom. The second-order valence-electron chi connectivity index (χ2n) is 5.55. The third-order valence-corrected chi connectivity index (χ3v) is 4.03. The summed E-state index contributed by atoms with van der Waals surface area (Å²) in [7, 11) is 1.78. The number of ether oxygens (including phenoxy) is 2. The molecule has 2 atom stereocenters. The molecule has 0 bridgehead atoms. The molecule has 0 aromatic heterocycles. The van der Waals surface area contributed by atoms with Crippen molar-refractivity contribution in [2.24, 2.45) is 0 Å². The molecule has 1 saturated heterocycles. The van der Waals surface area contributed by atoms with Crippen LogP contribution >= 0.6 is 0 Å². The highest BCUT2D eigenvalue weighted by molar-refractivity contribution is 4.85. The van der Waals surface area contributed by atoms with Crippen molar-refractivity contribution >= 4 is 0 Å². The molecular weight excluding hydrogens is 228 g/mol. The standard InChI is InChI=1S/C14H28N2O2/c1-12(14-4-3-10-18-14)15-7-8-16(9-11-17-2)13-5-6-13/h12-15H,3-11H2,1-2H3. The van der Waals surface area contributed by atoms with Gasteiger partial charge in [-0.15, -0.1) is 0 Å². The quantitative estimate of drug-likeness (QED) is 0.673. The molecule has 18 heavy (non-hydrogen) atoms. The van der Waals surface area contributed by atoms with Crippen LogP contribution in [-0.2, 0) is 9.47 Å². The minimum atomic E-state index is 0.429. The number of rotatable bonds is 9. The van der Waals surface area contributed by atoms with Crippen molar-refractivity contribution in [2.75, 3.05) is 40.0 Å². The molecule has 0 amide bonds. The van der Waals surface area contributed by atoms with E-state index >= 15 is 0 Å². The molecule has 0 spiro atoms. The van der Waals surface area contributed by atoms with Gasteiger partial charge in [-0.05, 0) is 32.6 Å². The summed E-state index contributed by atoms with van der Waals surface area (Å²) in [5, 5.41) is 3.61. The average Bonchev–Trinajstić information content (AvgIpc) is 3.07. The number of nitrogens with zero attached hydrogens (tertiary/aromatic N) is 1. The van der Waals surface area contributed by atoms with Gasteiger partial charge >= 0.3 is 0 Å². The van der Waals surface area contributed by atoms with Crippen molar-refractivity contribution in [1.82, 2.24) is 10.2 Å². The normalized spacial score (nSPS) is 25.8. The van der Waals surface area contributed by atoms with Crippen LogP contribution in [-0.4, -0.2) is 63.0 Å². The van der Waals surface area contributed by atoms with Crippen LogP contribution in [0.3, 0.4) is 0 Å². The molecule has 0 aromatic rings. The Balaban J connectivity index is 1.59. The fourth-order valence-electron chi connectivity index (χ4n) is 2.69. The molecule has 1 aliphatic carbocycles. The van der Waals surface area contributed by atoms with Gasteiger partial charge in [-0.2, -0.15) is 0 Å². The minimum absolute atomic E-state index is 0.429. The molecule has 2 fully saturated rings. The highest BCUT2D eigenvalue weighted by Gasteiger charge is 2.28. The number of nitrogens with one attached hydrogen (secondary N) is 1. The van der Waals surface area contributed by atoms with Crippen LogP contribution in [0.5, 0.6) is 0 Å². The van der Waals surface area contributed by atoms with Gasteiger partial charge in [0.1, 0.15) is 0 Å². The van der Waals surface area contributed by atoms with Crippen LogP contribution in [0.1, 0.15) is 32.6 Å². The van der Waals surface area contributed by atoms with Gasteiger partial charge in [0.2, 0.25) is 0 Å². The number of methoxy groups -OCH3 is 1. The summed E-state index contributed by atoms with van der Waals surface area (Å²) in [4.78, 5) is 2.55. The van der Waals surface area contributed by atoms with Crippen molar-refractivity contribution in [3.63, 3.8) is 0 Å². The smallest absolute Gasteiger partial charge is 0.0726 e. The zero-order valence-corrected chi connectivity index (χ0v) is 11.9. The second kappa shape index (κ2) is 7.43. The van der Waals surface area contributed by atoms with E-state index in [-0.39, 0.29) is 0 Å². The zero-order chi connectivity index (χ0) is 12.8. The van der Waals surface area contributed by atoms with Crippen LogP contribution in [0.4, 0.5) is 0 Å². The van der Waals surface area contributed by atoms with E-state index in [1.165, 1.54) is 25.7 Å². The molecule has 1 saturated carbocycles. The maximum absolute atomic E-state index is 5.70. The van der Waals surface area contributed by atoms with Crippen molar-refractivity contribution in [3.05, 3.63) is 0 Å². The van der Waals surface area contributed by atoms with Crippen LogP contribution in [0.25, 0.3) is 0 Å². The molecule has 4 heteroatoms. The molecule has 1 aliphatic heterocycles. The molecule has 2 aliphatic rings. The Kier molecular flexibility index (Phi) is 5.89. The van der Waals surface area contributed by atoms with E-state index in [2.05, 4.69) is 17.1 Å². The second-order valence-corrected chi connectivity index (χ2v) is 5.55. The van der Waals surface area contributed by atoms with E-state index in [0.717, 1.165) is 38.9 Å². The number of hydrogen-bond acceptors (Lipinski definition) is 4. The molecule has 106 valence electrons. The molecule has 2 unspecified atom stereocenters. The highest BCUT2D eigenvalue weighted by Crippen LogP contribution is 2.26. The number of hydrogen-bond donors (Lipinski definition) is 1. The lowest BCUT2D eigenvalue weighted by Gasteiger charge is -2.25. The molecule has 1 heterocycles. The predicted molar refractivity (Wildman–Crippen MR) is 72.9 cm³/mol. The lowest BCUT2D eigenvalue weighted by Crippen LogP contribution is -2.42. The zero-order valence-electron chi connectivity index (χ0n) is 11.9. The van der Waals surface area contributed by atoms with Gasteiger partial charge in [-0.1, -0.05) is 0 Å². The highest BCUT2D eigenvalue weighted by atomic mass is 16.5. The lowest BCUT2D eigenvalue weighted by molar-refractivity contribution is 0.0816. The minimum Gasteiger partial charge on any atom is -0.383 e. The first-order chi connectivity index (χ1) is 8.81. The lowest BCUT2D eigenvalue weighted by atomic mass is 10.1. The summed E-state index contributed by atoms with van der Waals surface area (Å²) in [5.74, 6) is 0. The van der Waals surface area contributed by atoms with Crippen LogP contribution in [0, 0.1) is 0 Å². The first-order valence-corrected chi connectivity index (χ1v) is 7.39. The molecule has 4 nitrogen and oxygen atoms in total. The SMILES string of the molecule is COCCN(CCNC(C)C1CCCO1)C1CC1. The molecule has 1 N–H and O–H groups in total. The Morgan fingerprint density at radius 2 is 2.17 bits per heavy atom. The van der Waals surface area contributed by atoms with Crippen molar-refractivity contribution in [1.29, 1.82) is 0 Å². The van der Waals surface area contributed by atoms with E-state index in [0.29, 0.717) is 12.1 Å². The first-order valence-electron chi connectivity index (χ1n) is 7.39. The average molecular weight is 256 g/mol. The topological polar surface area (TPSA) is 33.7 Å². The van der Waals surface area contributed by atoms with Crippen LogP contribution < -0.4 is 5.32 Å². The van der Waals surface area contributed by atoms with E-state index in [9.17, 15) is 0 Å². The van der Waals surface area contributed by atoms with E-state index in [1.807, 2.05) is 0 Å². The fourth-order valence-corrected chi connectivity index (χ4v) is 2.69. The monoisotopic (exact) mass is 256 g/mol. The van der Waals surface area contributed by atoms with Gasteiger partial charge in [0.25, 0.3) is 0 Å². The molecule has 2 rings (SSSR count). The van der Waals surface area contributed by atoms with Gasteiger partial charge in [-0.3, -0.25) is 4.90 Å². The molecule has 0 radical (unpaired) electrons. The largest absolute Gasteiger partial charge is 0.383 e. The van der Waals surface area contributed by atoms with Gasteiger partial charge < -0.3 is 14.8 Å². The summed E-state index contributed by atoms with van der Waals surface area (Å²) in [6.45, 7) is 7.28. The van der Waals surface area contributed by atoms with Crippen LogP contribution in [0.2, 0.25) is 0 Å². The van der Waals surface area contributed by atoms with Gasteiger partial charge in [0.15, 0.2) is 0 Å². The summed E-state index contributed by atoms with van der Waals surface area (Å²) in [6, 6.07) is 1.30. The Bertz CT molecular complexity index is 228. The van der Waals surface area contributed by atoms with E-state index in [4.69, 9.17) is 9.47 Å². The van der Waals surface area contributed by atoms with E-state index in [1.54, 1.807) is 7.11 Å². The third kappa shape index (κ3) is 4.50. The first kappa shape index (κ1) is 14.3. The Labute approximate surface area is 111 Å². The van der Waals surface area contributed by atoms with Crippen molar-refractivity contribution < 1.29 is 9.47 Å². The fraction of sp³-hybridized carbons (Fsp3) is 1.00. The van der Waals surface area contributed by atoms with E-state index < -0.39 is 0 Å². The van der Waals surface area contributed by atoms with Crippen molar-refractivity contribution in [3.8, 4) is 0 Å². The summed E-state index contributed by atoms with van der Waals surface area (Å²) < 4.78 is 10.9. The van der Waals surface area contributed by atoms with Gasteiger partial charge in [0.05, 0.1) is 12.7 Å². The van der Waals surface area contributed by atoms with Gasteiger partial charge in [-0.25, -0.2) is 0 Å². The Hall–Kier alpha value is -0.160.